The molecular formula is C10H22N2O4. The van der Waals surface area contributed by atoms with Crippen molar-refractivity contribution in [2.75, 3.05) is 33.5 Å². The van der Waals surface area contributed by atoms with Crippen LogP contribution in [0.3, 0.4) is 0 Å². The largest absolute Gasteiger partial charge is 0.382 e. The number of carbonyl (C=O) groups is 1. The van der Waals surface area contributed by atoms with Crippen molar-refractivity contribution in [3.63, 3.8) is 0 Å². The lowest BCUT2D eigenvalue weighted by molar-refractivity contribution is -0.134. The summed E-state index contributed by atoms with van der Waals surface area (Å²) in [5.74, 6) is 4.75. The lowest BCUT2D eigenvalue weighted by atomic mass is 10.2. The number of hydrogen-bond donors (Lipinski definition) is 2. The molecular weight excluding hydrogens is 212 g/mol. The summed E-state index contributed by atoms with van der Waals surface area (Å²) in [5.41, 5.74) is 2.09. The molecule has 6 nitrogen and oxygen atoms in total. The molecule has 16 heavy (non-hydrogen) atoms. The smallest absolute Gasteiger partial charge is 0.262 e. The predicted octanol–water partition coefficient (Wildman–Crippen LogP) is -0.175. The first kappa shape index (κ1) is 15.3. The summed E-state index contributed by atoms with van der Waals surface area (Å²) in [4.78, 5) is 11.2. The topological polar surface area (TPSA) is 82.8 Å². The second-order valence-electron chi connectivity index (χ2n) is 3.26. The number of ether oxygens (including phenoxy) is 3. The highest BCUT2D eigenvalue weighted by Crippen LogP contribution is 2.01. The standard InChI is InChI=1S/C10H22N2O4/c1-3-4-9(10(13)12-11)16-8-7-15-6-5-14-2/h9H,3-8,11H2,1-2H3,(H,12,13). The highest BCUT2D eigenvalue weighted by atomic mass is 16.5. The van der Waals surface area contributed by atoms with Gasteiger partial charge in [-0.05, 0) is 6.42 Å². The lowest BCUT2D eigenvalue weighted by Crippen LogP contribution is -2.40. The summed E-state index contributed by atoms with van der Waals surface area (Å²) in [6, 6.07) is 0. The van der Waals surface area contributed by atoms with Crippen molar-refractivity contribution < 1.29 is 19.0 Å². The first-order valence-electron chi connectivity index (χ1n) is 5.45. The van der Waals surface area contributed by atoms with Crippen molar-refractivity contribution in [2.24, 2.45) is 5.84 Å². The fraction of sp³-hybridized carbons (Fsp3) is 0.900. The molecule has 0 aliphatic rings. The van der Waals surface area contributed by atoms with E-state index in [4.69, 9.17) is 20.1 Å². The van der Waals surface area contributed by atoms with Gasteiger partial charge in [-0.2, -0.15) is 0 Å². The molecule has 0 saturated carbocycles. The highest BCUT2D eigenvalue weighted by molar-refractivity contribution is 5.80. The third kappa shape index (κ3) is 7.58. The van der Waals surface area contributed by atoms with Gasteiger partial charge in [-0.15, -0.1) is 0 Å². The average molecular weight is 234 g/mol. The summed E-state index contributed by atoms with van der Waals surface area (Å²) >= 11 is 0. The molecule has 0 spiro atoms. The van der Waals surface area contributed by atoms with E-state index in [1.165, 1.54) is 0 Å². The van der Waals surface area contributed by atoms with Gasteiger partial charge in [0.15, 0.2) is 0 Å². The van der Waals surface area contributed by atoms with Crippen LogP contribution in [0.1, 0.15) is 19.8 Å². The number of methoxy groups -OCH3 is 1. The van der Waals surface area contributed by atoms with Crippen LogP contribution >= 0.6 is 0 Å². The van der Waals surface area contributed by atoms with Gasteiger partial charge >= 0.3 is 0 Å². The Hall–Kier alpha value is -0.690. The van der Waals surface area contributed by atoms with Crippen LogP contribution in [0.5, 0.6) is 0 Å². The molecule has 0 aromatic carbocycles. The third-order valence-corrected chi connectivity index (χ3v) is 1.96. The van der Waals surface area contributed by atoms with Gasteiger partial charge in [0.1, 0.15) is 6.10 Å². The summed E-state index contributed by atoms with van der Waals surface area (Å²) in [5, 5.41) is 0. The number of carbonyl (C=O) groups excluding carboxylic acids is 1. The summed E-state index contributed by atoms with van der Waals surface area (Å²) in [6.45, 7) is 3.89. The quantitative estimate of drug-likeness (QED) is 0.237. The van der Waals surface area contributed by atoms with E-state index in [-0.39, 0.29) is 5.91 Å². The molecule has 1 unspecified atom stereocenters. The average Bonchev–Trinajstić information content (AvgIpc) is 2.31. The van der Waals surface area contributed by atoms with Gasteiger partial charge in [0, 0.05) is 7.11 Å². The van der Waals surface area contributed by atoms with Crippen molar-refractivity contribution in [3.05, 3.63) is 0 Å². The first-order valence-corrected chi connectivity index (χ1v) is 5.45. The molecule has 0 aliphatic carbocycles. The maximum Gasteiger partial charge on any atom is 0.262 e. The molecule has 1 amide bonds. The molecule has 6 heteroatoms. The Morgan fingerprint density at radius 3 is 2.56 bits per heavy atom. The highest BCUT2D eigenvalue weighted by Gasteiger charge is 2.16. The van der Waals surface area contributed by atoms with E-state index >= 15 is 0 Å². The Kier molecular flexibility index (Phi) is 10.3. The zero-order valence-corrected chi connectivity index (χ0v) is 10.0. The zero-order valence-electron chi connectivity index (χ0n) is 10.0. The number of hydrogen-bond acceptors (Lipinski definition) is 5. The Morgan fingerprint density at radius 1 is 1.31 bits per heavy atom. The van der Waals surface area contributed by atoms with Crippen LogP contribution in [0.4, 0.5) is 0 Å². The third-order valence-electron chi connectivity index (χ3n) is 1.96. The van der Waals surface area contributed by atoms with Crippen LogP contribution < -0.4 is 11.3 Å². The zero-order chi connectivity index (χ0) is 12.2. The fourth-order valence-electron chi connectivity index (χ4n) is 1.14. The number of hydrazine groups is 1. The van der Waals surface area contributed by atoms with Crippen LogP contribution in [0.15, 0.2) is 0 Å². The molecule has 0 aliphatic heterocycles. The maximum atomic E-state index is 11.2. The Morgan fingerprint density at radius 2 is 2.00 bits per heavy atom. The van der Waals surface area contributed by atoms with Gasteiger partial charge in [0.25, 0.3) is 5.91 Å². The number of nitrogens with one attached hydrogen (secondary N) is 1. The molecule has 0 rings (SSSR count). The fourth-order valence-corrected chi connectivity index (χ4v) is 1.14. The number of nitrogens with two attached hydrogens (primary N) is 1. The number of amides is 1. The van der Waals surface area contributed by atoms with E-state index in [1.807, 2.05) is 6.92 Å². The minimum Gasteiger partial charge on any atom is -0.382 e. The van der Waals surface area contributed by atoms with Crippen LogP contribution in [0.25, 0.3) is 0 Å². The van der Waals surface area contributed by atoms with E-state index < -0.39 is 6.10 Å². The van der Waals surface area contributed by atoms with E-state index in [0.717, 1.165) is 6.42 Å². The molecule has 1 atom stereocenters. The first-order chi connectivity index (χ1) is 7.76. The molecule has 0 aromatic heterocycles. The maximum absolute atomic E-state index is 11.2. The van der Waals surface area contributed by atoms with Crippen molar-refractivity contribution in [3.8, 4) is 0 Å². The monoisotopic (exact) mass is 234 g/mol. The van der Waals surface area contributed by atoms with Crippen molar-refractivity contribution >= 4 is 5.91 Å². The van der Waals surface area contributed by atoms with Gasteiger partial charge in [0.05, 0.1) is 26.4 Å². The molecule has 0 aromatic rings. The summed E-state index contributed by atoms with van der Waals surface area (Å²) in [7, 11) is 1.61. The van der Waals surface area contributed by atoms with E-state index in [1.54, 1.807) is 7.11 Å². The Bertz CT molecular complexity index is 178. The molecule has 0 fully saturated rings. The predicted molar refractivity (Wildman–Crippen MR) is 59.7 cm³/mol. The van der Waals surface area contributed by atoms with Crippen LogP contribution in [0.2, 0.25) is 0 Å². The SMILES string of the molecule is CCCC(OCCOCCOC)C(=O)NN. The van der Waals surface area contributed by atoms with E-state index in [2.05, 4.69) is 5.43 Å². The second-order valence-corrected chi connectivity index (χ2v) is 3.26. The lowest BCUT2D eigenvalue weighted by Gasteiger charge is -2.15. The molecule has 0 bridgehead atoms. The molecule has 0 heterocycles. The van der Waals surface area contributed by atoms with Gasteiger partial charge in [-0.3, -0.25) is 10.2 Å². The summed E-state index contributed by atoms with van der Waals surface area (Å²) in [6.07, 6.45) is 1.03. The van der Waals surface area contributed by atoms with Crippen LogP contribution in [0, 0.1) is 0 Å². The van der Waals surface area contributed by atoms with E-state index in [9.17, 15) is 4.79 Å². The van der Waals surface area contributed by atoms with Gasteiger partial charge < -0.3 is 14.2 Å². The molecule has 96 valence electrons. The van der Waals surface area contributed by atoms with Crippen molar-refractivity contribution in [2.45, 2.75) is 25.9 Å². The van der Waals surface area contributed by atoms with Crippen molar-refractivity contribution in [1.29, 1.82) is 0 Å². The minimum absolute atomic E-state index is 0.293. The molecule has 0 radical (unpaired) electrons. The van der Waals surface area contributed by atoms with Crippen LogP contribution in [-0.2, 0) is 19.0 Å². The molecule has 0 saturated heterocycles. The van der Waals surface area contributed by atoms with Gasteiger partial charge in [0.2, 0.25) is 0 Å². The summed E-state index contributed by atoms with van der Waals surface area (Å²) < 4.78 is 15.4. The van der Waals surface area contributed by atoms with Crippen molar-refractivity contribution in [1.82, 2.24) is 5.43 Å². The van der Waals surface area contributed by atoms with Gasteiger partial charge in [-0.1, -0.05) is 13.3 Å². The van der Waals surface area contributed by atoms with Gasteiger partial charge in [-0.25, -0.2) is 5.84 Å². The van der Waals surface area contributed by atoms with E-state index in [0.29, 0.717) is 32.8 Å². The number of rotatable bonds is 10. The van der Waals surface area contributed by atoms with Crippen LogP contribution in [-0.4, -0.2) is 45.5 Å². The molecule has 3 N–H and O–H groups in total. The Balaban J connectivity index is 3.56. The normalized spacial score (nSPS) is 12.4. The second kappa shape index (κ2) is 10.8. The Labute approximate surface area is 96.4 Å². The minimum atomic E-state index is -0.485.